The summed E-state index contributed by atoms with van der Waals surface area (Å²) in [7, 11) is 2.04. The minimum atomic E-state index is -0.114. The van der Waals surface area contributed by atoms with Crippen LogP contribution in [0.1, 0.15) is 24.0 Å². The number of halogens is 1. The van der Waals surface area contributed by atoms with E-state index < -0.39 is 0 Å². The minimum Gasteiger partial charge on any atom is -0.409 e. The maximum atomic E-state index is 9.29. The van der Waals surface area contributed by atoms with Crippen LogP contribution in [0.5, 0.6) is 0 Å². The monoisotopic (exact) mass is 297 g/mol. The van der Waals surface area contributed by atoms with Gasteiger partial charge in [-0.25, -0.2) is 0 Å². The number of hydrogen-bond acceptors (Lipinski definition) is 4. The lowest BCUT2D eigenvalue weighted by Gasteiger charge is -2.34. The van der Waals surface area contributed by atoms with E-state index in [-0.39, 0.29) is 11.9 Å². The Morgan fingerprint density at radius 2 is 2.20 bits per heavy atom. The van der Waals surface area contributed by atoms with Crippen LogP contribution >= 0.6 is 11.6 Å². The number of nitrogens with two attached hydrogens (primary N) is 1. The molecule has 0 saturated heterocycles. The van der Waals surface area contributed by atoms with Crippen molar-refractivity contribution in [2.75, 3.05) is 13.6 Å². The van der Waals surface area contributed by atoms with E-state index in [1.54, 1.807) is 12.1 Å². The first-order valence-corrected chi connectivity index (χ1v) is 7.00. The van der Waals surface area contributed by atoms with Crippen molar-refractivity contribution in [1.82, 2.24) is 4.90 Å². The van der Waals surface area contributed by atoms with E-state index in [0.717, 1.165) is 31.5 Å². The molecule has 0 spiro atoms. The summed E-state index contributed by atoms with van der Waals surface area (Å²) in [5.41, 5.74) is 7.13. The Morgan fingerprint density at radius 1 is 1.50 bits per heavy atom. The highest BCUT2D eigenvalue weighted by molar-refractivity contribution is 6.31. The number of aliphatic hydroxyl groups is 1. The van der Waals surface area contributed by atoms with E-state index in [1.165, 1.54) is 0 Å². The van der Waals surface area contributed by atoms with Crippen LogP contribution in [0.4, 0.5) is 0 Å². The zero-order chi connectivity index (χ0) is 14.7. The van der Waals surface area contributed by atoms with Crippen molar-refractivity contribution >= 4 is 17.4 Å². The first-order valence-electron chi connectivity index (χ1n) is 6.62. The summed E-state index contributed by atoms with van der Waals surface area (Å²) in [6, 6.07) is 5.38. The van der Waals surface area contributed by atoms with Crippen LogP contribution < -0.4 is 5.73 Å². The second kappa shape index (κ2) is 6.43. The predicted octanol–water partition coefficient (Wildman–Crippen LogP) is 1.64. The molecular formula is C14H20ClN3O2. The number of nitrogens with zero attached hydrogens (tertiary/aromatic N) is 2. The third kappa shape index (κ3) is 3.62. The Hall–Kier alpha value is -1.30. The van der Waals surface area contributed by atoms with Crippen LogP contribution in [0.2, 0.25) is 5.02 Å². The second-order valence-corrected chi connectivity index (χ2v) is 5.89. The van der Waals surface area contributed by atoms with Crippen molar-refractivity contribution in [3.63, 3.8) is 0 Å². The fourth-order valence-corrected chi connectivity index (χ4v) is 2.78. The Kier molecular flexibility index (Phi) is 4.86. The number of aliphatic hydroxyl groups excluding tert-OH is 1. The lowest BCUT2D eigenvalue weighted by molar-refractivity contribution is 0.0274. The first kappa shape index (κ1) is 15.1. The van der Waals surface area contributed by atoms with Gasteiger partial charge in [0.05, 0.1) is 6.10 Å². The van der Waals surface area contributed by atoms with E-state index in [0.29, 0.717) is 16.5 Å². The molecule has 0 bridgehead atoms. The molecule has 5 nitrogen and oxygen atoms in total. The average molecular weight is 298 g/mol. The molecule has 1 aliphatic carbocycles. The Morgan fingerprint density at radius 3 is 2.75 bits per heavy atom. The summed E-state index contributed by atoms with van der Waals surface area (Å²) >= 11 is 6.22. The lowest BCUT2D eigenvalue weighted by atomic mass is 9.82. The predicted molar refractivity (Wildman–Crippen MR) is 79.0 cm³/mol. The van der Waals surface area contributed by atoms with Crippen molar-refractivity contribution in [2.24, 2.45) is 16.8 Å². The molecule has 0 unspecified atom stereocenters. The fourth-order valence-electron chi connectivity index (χ4n) is 2.54. The fraction of sp³-hybridized carbons (Fsp3) is 0.500. The molecule has 110 valence electrons. The second-order valence-electron chi connectivity index (χ2n) is 5.48. The molecule has 1 aromatic rings. The van der Waals surface area contributed by atoms with Gasteiger partial charge in [0.2, 0.25) is 0 Å². The van der Waals surface area contributed by atoms with Gasteiger partial charge in [-0.2, -0.15) is 0 Å². The van der Waals surface area contributed by atoms with Crippen LogP contribution in [0.25, 0.3) is 0 Å². The zero-order valence-electron chi connectivity index (χ0n) is 11.5. The smallest absolute Gasteiger partial charge is 0.170 e. The standard InChI is InChI=1S/C14H20ClN3O2/c1-18(7-9-4-12(19)5-9)8-11-3-2-10(6-13(11)15)14(16)17-20/h2-3,6,9,12,19-20H,4-5,7-8H2,1H3,(H2,16,17). The van der Waals surface area contributed by atoms with Crippen LogP contribution in [-0.2, 0) is 6.54 Å². The van der Waals surface area contributed by atoms with Gasteiger partial charge >= 0.3 is 0 Å². The summed E-state index contributed by atoms with van der Waals surface area (Å²) in [5.74, 6) is 0.625. The Labute approximate surface area is 123 Å². The normalized spacial score (nSPS) is 22.9. The van der Waals surface area contributed by atoms with Gasteiger partial charge in [0, 0.05) is 23.7 Å². The summed E-state index contributed by atoms with van der Waals surface area (Å²) in [4.78, 5) is 2.20. The highest BCUT2D eigenvalue weighted by atomic mass is 35.5. The molecule has 0 amide bonds. The highest BCUT2D eigenvalue weighted by Crippen LogP contribution is 2.28. The molecule has 1 fully saturated rings. The molecule has 4 N–H and O–H groups in total. The first-order chi connectivity index (χ1) is 9.49. The van der Waals surface area contributed by atoms with Gasteiger partial charge in [-0.3, -0.25) is 0 Å². The largest absolute Gasteiger partial charge is 0.409 e. The molecule has 0 heterocycles. The number of oxime groups is 1. The van der Waals surface area contributed by atoms with E-state index in [1.807, 2.05) is 13.1 Å². The van der Waals surface area contributed by atoms with E-state index in [2.05, 4.69) is 10.1 Å². The van der Waals surface area contributed by atoms with Crippen molar-refractivity contribution < 1.29 is 10.3 Å². The molecule has 0 radical (unpaired) electrons. The van der Waals surface area contributed by atoms with E-state index >= 15 is 0 Å². The topological polar surface area (TPSA) is 82.1 Å². The van der Waals surface area contributed by atoms with Crippen molar-refractivity contribution in [3.05, 3.63) is 34.3 Å². The van der Waals surface area contributed by atoms with Gasteiger partial charge in [0.25, 0.3) is 0 Å². The van der Waals surface area contributed by atoms with E-state index in [9.17, 15) is 5.11 Å². The van der Waals surface area contributed by atoms with Gasteiger partial charge in [-0.05, 0) is 37.4 Å². The Balaban J connectivity index is 1.95. The third-order valence-corrected chi connectivity index (χ3v) is 4.03. The zero-order valence-corrected chi connectivity index (χ0v) is 12.2. The van der Waals surface area contributed by atoms with Crippen LogP contribution in [0, 0.1) is 5.92 Å². The van der Waals surface area contributed by atoms with Gasteiger partial charge in [0.1, 0.15) is 0 Å². The molecule has 1 aliphatic rings. The number of hydrogen-bond donors (Lipinski definition) is 3. The van der Waals surface area contributed by atoms with Gasteiger partial charge in [-0.15, -0.1) is 0 Å². The van der Waals surface area contributed by atoms with Crippen molar-refractivity contribution in [1.29, 1.82) is 0 Å². The molecule has 0 aromatic heterocycles. The molecule has 6 heteroatoms. The molecule has 2 rings (SSSR count). The lowest BCUT2D eigenvalue weighted by Crippen LogP contribution is -2.36. The third-order valence-electron chi connectivity index (χ3n) is 3.68. The summed E-state index contributed by atoms with van der Waals surface area (Å²) < 4.78 is 0. The van der Waals surface area contributed by atoms with Gasteiger partial charge in [-0.1, -0.05) is 28.9 Å². The summed E-state index contributed by atoms with van der Waals surface area (Å²) in [6.07, 6.45) is 1.66. The van der Waals surface area contributed by atoms with Crippen molar-refractivity contribution in [3.8, 4) is 0 Å². The number of rotatable bonds is 5. The highest BCUT2D eigenvalue weighted by Gasteiger charge is 2.27. The van der Waals surface area contributed by atoms with Crippen LogP contribution in [0.3, 0.4) is 0 Å². The average Bonchev–Trinajstić information content (AvgIpc) is 2.38. The van der Waals surface area contributed by atoms with Crippen LogP contribution in [-0.4, -0.2) is 40.7 Å². The maximum Gasteiger partial charge on any atom is 0.170 e. The van der Waals surface area contributed by atoms with E-state index in [4.69, 9.17) is 22.5 Å². The minimum absolute atomic E-state index is 0.0512. The maximum absolute atomic E-state index is 9.29. The molecule has 20 heavy (non-hydrogen) atoms. The van der Waals surface area contributed by atoms with Gasteiger partial charge in [0.15, 0.2) is 5.84 Å². The van der Waals surface area contributed by atoms with Gasteiger partial charge < -0.3 is 20.9 Å². The number of amidine groups is 1. The number of benzene rings is 1. The Bertz CT molecular complexity index is 501. The molecule has 1 saturated carbocycles. The molecule has 0 atom stereocenters. The molecular weight excluding hydrogens is 278 g/mol. The quantitative estimate of drug-likeness (QED) is 0.334. The SMILES string of the molecule is CN(Cc1ccc(/C(N)=N/O)cc1Cl)CC1CC(O)C1. The molecule has 1 aromatic carbocycles. The molecule has 0 aliphatic heterocycles. The summed E-state index contributed by atoms with van der Waals surface area (Å²) in [6.45, 7) is 1.69. The summed E-state index contributed by atoms with van der Waals surface area (Å²) in [5, 5.41) is 21.5. The van der Waals surface area contributed by atoms with Crippen LogP contribution in [0.15, 0.2) is 23.4 Å². The van der Waals surface area contributed by atoms with Crippen molar-refractivity contribution in [2.45, 2.75) is 25.5 Å².